The van der Waals surface area contributed by atoms with Crippen LogP contribution in [0.3, 0.4) is 0 Å². The second-order valence-electron chi connectivity index (χ2n) is 6.90. The van der Waals surface area contributed by atoms with Gasteiger partial charge in [-0.1, -0.05) is 13.8 Å². The minimum Gasteiger partial charge on any atom is -0.464 e. The molecule has 27 heavy (non-hydrogen) atoms. The number of carbonyl (C=O) groups excluding carboxylic acids is 2. The van der Waals surface area contributed by atoms with Gasteiger partial charge in [-0.2, -0.15) is 26.3 Å². The minimum atomic E-state index is -6.37. The molecule has 13 heteroatoms. The molecule has 0 rings (SSSR count). The van der Waals surface area contributed by atoms with Gasteiger partial charge in [-0.15, -0.1) is 0 Å². The van der Waals surface area contributed by atoms with Gasteiger partial charge in [0.25, 0.3) is 0 Å². The van der Waals surface area contributed by atoms with Gasteiger partial charge in [0.1, 0.15) is 5.41 Å². The molecule has 0 amide bonds. The van der Waals surface area contributed by atoms with E-state index in [1.54, 1.807) is 0 Å². The van der Waals surface area contributed by atoms with E-state index in [-0.39, 0.29) is 0 Å². The van der Waals surface area contributed by atoms with Gasteiger partial charge in [0.2, 0.25) is 0 Å². The summed E-state index contributed by atoms with van der Waals surface area (Å²) >= 11 is 0. The second kappa shape index (κ2) is 8.19. The van der Waals surface area contributed by atoms with Gasteiger partial charge in [-0.25, -0.2) is 4.79 Å². The highest BCUT2D eigenvalue weighted by Gasteiger charge is 2.76. The van der Waals surface area contributed by atoms with Gasteiger partial charge >= 0.3 is 29.9 Å². The van der Waals surface area contributed by atoms with Gasteiger partial charge in [-0.05, 0) is 6.92 Å². The van der Waals surface area contributed by atoms with E-state index >= 15 is 0 Å². The molecule has 0 bridgehead atoms. The Morgan fingerprint density at radius 3 is 1.41 bits per heavy atom. The molecule has 0 spiro atoms. The first kappa shape index (κ1) is 25.4. The summed E-state index contributed by atoms with van der Waals surface area (Å²) in [5, 5.41) is 26.9. The largest absolute Gasteiger partial charge is 0.464 e. The van der Waals surface area contributed by atoms with Gasteiger partial charge in [0.15, 0.2) is 0 Å². The Bertz CT molecular complexity index is 523. The third-order valence-corrected chi connectivity index (χ3v) is 3.49. The van der Waals surface area contributed by atoms with Crippen molar-refractivity contribution in [3.05, 3.63) is 0 Å². The summed E-state index contributed by atoms with van der Waals surface area (Å²) in [6, 6.07) is 0. The highest BCUT2D eigenvalue weighted by atomic mass is 19.4. The van der Waals surface area contributed by atoms with E-state index < -0.39 is 67.1 Å². The van der Waals surface area contributed by atoms with E-state index in [1.807, 2.05) is 0 Å². The van der Waals surface area contributed by atoms with Crippen LogP contribution in [-0.4, -0.2) is 71.6 Å². The maximum atomic E-state index is 12.5. The zero-order valence-electron chi connectivity index (χ0n) is 14.6. The zero-order chi connectivity index (χ0) is 21.9. The molecule has 7 nitrogen and oxygen atoms in total. The quantitative estimate of drug-likeness (QED) is 0.400. The number of aliphatic hydroxyl groups excluding tert-OH is 2. The van der Waals surface area contributed by atoms with Crippen LogP contribution in [0, 0.1) is 10.8 Å². The molecular formula is C14H20F6O7. The lowest BCUT2D eigenvalue weighted by Crippen LogP contribution is -2.63. The first-order valence-electron chi connectivity index (χ1n) is 7.30. The van der Waals surface area contributed by atoms with E-state index in [0.29, 0.717) is 0 Å². The van der Waals surface area contributed by atoms with Crippen LogP contribution in [0.4, 0.5) is 26.3 Å². The minimum absolute atomic E-state index is 0.634. The maximum absolute atomic E-state index is 12.5. The molecule has 0 radical (unpaired) electrons. The number of hydrogen-bond donors (Lipinski definition) is 3. The second-order valence-corrected chi connectivity index (χ2v) is 6.90. The Kier molecular flexibility index (Phi) is 7.70. The van der Waals surface area contributed by atoms with E-state index in [4.69, 9.17) is 20.1 Å². The Hall–Kier alpha value is -1.60. The SMILES string of the molecule is CC(C)(COC(=O)C(C)(CO)CO)COC(=O)C(O)(C(F)(F)F)C(F)(F)F. The first-order chi connectivity index (χ1) is 11.9. The van der Waals surface area contributed by atoms with Crippen molar-refractivity contribution in [3.63, 3.8) is 0 Å². The third-order valence-electron chi connectivity index (χ3n) is 3.49. The van der Waals surface area contributed by atoms with Crippen LogP contribution in [-0.2, 0) is 19.1 Å². The van der Waals surface area contributed by atoms with Crippen LogP contribution in [0.2, 0.25) is 0 Å². The summed E-state index contributed by atoms with van der Waals surface area (Å²) < 4.78 is 84.0. The van der Waals surface area contributed by atoms with Crippen molar-refractivity contribution in [2.75, 3.05) is 26.4 Å². The molecule has 0 saturated heterocycles. The van der Waals surface area contributed by atoms with Crippen LogP contribution in [0.25, 0.3) is 0 Å². The van der Waals surface area contributed by atoms with Gasteiger partial charge in [0, 0.05) is 5.41 Å². The van der Waals surface area contributed by atoms with Crippen LogP contribution in [0.5, 0.6) is 0 Å². The van der Waals surface area contributed by atoms with Crippen molar-refractivity contribution in [2.24, 2.45) is 10.8 Å². The molecule has 0 fully saturated rings. The van der Waals surface area contributed by atoms with Crippen molar-refractivity contribution in [3.8, 4) is 0 Å². The molecule has 0 heterocycles. The smallest absolute Gasteiger partial charge is 0.437 e. The van der Waals surface area contributed by atoms with Crippen LogP contribution < -0.4 is 0 Å². The summed E-state index contributed by atoms with van der Waals surface area (Å²) in [6.45, 7) is 0.235. The van der Waals surface area contributed by atoms with Crippen molar-refractivity contribution >= 4 is 11.9 Å². The summed E-state index contributed by atoms with van der Waals surface area (Å²) in [5.74, 6) is -4.06. The van der Waals surface area contributed by atoms with Crippen molar-refractivity contribution in [1.29, 1.82) is 0 Å². The number of rotatable bonds is 8. The number of halogens is 6. The number of esters is 2. The fraction of sp³-hybridized carbons (Fsp3) is 0.857. The normalized spacial score (nSPS) is 14.1. The van der Waals surface area contributed by atoms with E-state index in [0.717, 1.165) is 6.92 Å². The predicted molar refractivity (Wildman–Crippen MR) is 75.0 cm³/mol. The van der Waals surface area contributed by atoms with Crippen LogP contribution >= 0.6 is 0 Å². The van der Waals surface area contributed by atoms with Crippen molar-refractivity contribution in [2.45, 2.75) is 38.7 Å². The van der Waals surface area contributed by atoms with E-state index in [1.165, 1.54) is 13.8 Å². The molecule has 0 aliphatic carbocycles. The molecule has 0 atom stereocenters. The monoisotopic (exact) mass is 414 g/mol. The Balaban J connectivity index is 5.08. The lowest BCUT2D eigenvalue weighted by molar-refractivity contribution is -0.357. The molecule has 3 N–H and O–H groups in total. The molecule has 0 aromatic rings. The summed E-state index contributed by atoms with van der Waals surface area (Å²) in [4.78, 5) is 23.1. The number of ether oxygens (including phenoxy) is 2. The van der Waals surface area contributed by atoms with Crippen LogP contribution in [0.15, 0.2) is 0 Å². The molecule has 0 aliphatic rings. The summed E-state index contributed by atoms with van der Waals surface area (Å²) in [7, 11) is 0. The highest BCUT2D eigenvalue weighted by molar-refractivity contribution is 5.81. The fourth-order valence-corrected chi connectivity index (χ4v) is 1.41. The van der Waals surface area contributed by atoms with Gasteiger partial charge < -0.3 is 24.8 Å². The number of carbonyl (C=O) groups is 2. The predicted octanol–water partition coefficient (Wildman–Crippen LogP) is 0.946. The lowest BCUT2D eigenvalue weighted by Gasteiger charge is -2.32. The Morgan fingerprint density at radius 2 is 1.11 bits per heavy atom. The molecule has 0 aromatic heterocycles. The highest BCUT2D eigenvalue weighted by Crippen LogP contribution is 2.44. The fourth-order valence-electron chi connectivity index (χ4n) is 1.41. The van der Waals surface area contributed by atoms with Crippen molar-refractivity contribution < 1.29 is 60.7 Å². The lowest BCUT2D eigenvalue weighted by atomic mass is 9.92. The summed E-state index contributed by atoms with van der Waals surface area (Å²) in [6.07, 6.45) is -12.7. The van der Waals surface area contributed by atoms with E-state index in [9.17, 15) is 35.9 Å². The molecular weight excluding hydrogens is 394 g/mol. The number of hydrogen-bond acceptors (Lipinski definition) is 7. The standard InChI is InChI=1S/C14H20F6O7/c1-10(2,6-26-8(23)11(3,4-21)5-22)7-27-9(24)12(25,13(15,16)17)14(18,19)20/h21-22,25H,4-7H2,1-3H3. The maximum Gasteiger partial charge on any atom is 0.437 e. The van der Waals surface area contributed by atoms with Crippen molar-refractivity contribution in [1.82, 2.24) is 0 Å². The molecule has 160 valence electrons. The molecule has 0 unspecified atom stereocenters. The Morgan fingerprint density at radius 1 is 0.778 bits per heavy atom. The molecule has 0 saturated carbocycles. The van der Waals surface area contributed by atoms with Crippen LogP contribution in [0.1, 0.15) is 20.8 Å². The van der Waals surface area contributed by atoms with E-state index in [2.05, 4.69) is 4.74 Å². The molecule has 0 aliphatic heterocycles. The Labute approximate surface area is 149 Å². The molecule has 0 aromatic carbocycles. The summed E-state index contributed by atoms with van der Waals surface area (Å²) in [5.41, 5.74) is -8.84. The van der Waals surface area contributed by atoms with Gasteiger partial charge in [0.05, 0.1) is 26.4 Å². The first-order valence-corrected chi connectivity index (χ1v) is 7.30. The number of aliphatic hydroxyl groups is 3. The third kappa shape index (κ3) is 5.69. The van der Waals surface area contributed by atoms with Gasteiger partial charge in [-0.3, -0.25) is 4.79 Å². The zero-order valence-corrected chi connectivity index (χ0v) is 14.6. The number of alkyl halides is 6. The average molecular weight is 414 g/mol. The topological polar surface area (TPSA) is 113 Å². The average Bonchev–Trinajstić information content (AvgIpc) is 2.53.